The molecule has 0 bridgehead atoms. The second-order valence-corrected chi connectivity index (χ2v) is 6.30. The molecular formula is C18H17FN4OS. The second kappa shape index (κ2) is 7.85. The standard InChI is InChI=1S/C18H17FN4OS/c1-23(12-17(24)20-15-9-7-14(19)8-10-15)18-21-16(22-25-18)11-13-5-3-2-4-6-13/h2-10H,11-12H2,1H3,(H,20,24). The number of hydrogen-bond acceptors (Lipinski definition) is 5. The molecule has 3 aromatic rings. The van der Waals surface area contributed by atoms with E-state index in [0.717, 1.165) is 11.4 Å². The van der Waals surface area contributed by atoms with Crippen LogP contribution >= 0.6 is 11.5 Å². The van der Waals surface area contributed by atoms with E-state index in [2.05, 4.69) is 14.7 Å². The van der Waals surface area contributed by atoms with Gasteiger partial charge in [0.1, 0.15) is 11.6 Å². The first-order valence-electron chi connectivity index (χ1n) is 7.73. The van der Waals surface area contributed by atoms with Crippen molar-refractivity contribution >= 4 is 28.3 Å². The Morgan fingerprint density at radius 3 is 2.60 bits per heavy atom. The van der Waals surface area contributed by atoms with Gasteiger partial charge in [-0.2, -0.15) is 4.37 Å². The normalized spacial score (nSPS) is 10.5. The van der Waals surface area contributed by atoms with Gasteiger partial charge in [-0.1, -0.05) is 30.3 Å². The van der Waals surface area contributed by atoms with E-state index in [9.17, 15) is 9.18 Å². The zero-order valence-electron chi connectivity index (χ0n) is 13.6. The molecule has 0 aliphatic heterocycles. The van der Waals surface area contributed by atoms with Gasteiger partial charge in [-0.3, -0.25) is 4.79 Å². The molecule has 0 atom stereocenters. The summed E-state index contributed by atoms with van der Waals surface area (Å²) in [5.74, 6) is 0.195. The molecule has 0 saturated carbocycles. The SMILES string of the molecule is CN(CC(=O)Nc1ccc(F)cc1)c1nc(Cc2ccccc2)ns1. The third-order valence-corrected chi connectivity index (χ3v) is 4.37. The molecule has 0 saturated heterocycles. The van der Waals surface area contributed by atoms with Crippen molar-refractivity contribution in [3.8, 4) is 0 Å². The van der Waals surface area contributed by atoms with Crippen molar-refractivity contribution in [1.82, 2.24) is 9.36 Å². The Hall–Kier alpha value is -2.80. The van der Waals surface area contributed by atoms with Crippen LogP contribution in [0.2, 0.25) is 0 Å². The van der Waals surface area contributed by atoms with Gasteiger partial charge in [0.2, 0.25) is 11.0 Å². The van der Waals surface area contributed by atoms with Gasteiger partial charge >= 0.3 is 0 Å². The molecule has 128 valence electrons. The molecule has 1 N–H and O–H groups in total. The van der Waals surface area contributed by atoms with E-state index in [1.165, 1.54) is 35.8 Å². The van der Waals surface area contributed by atoms with Gasteiger partial charge < -0.3 is 10.2 Å². The maximum absolute atomic E-state index is 12.9. The minimum Gasteiger partial charge on any atom is -0.341 e. The van der Waals surface area contributed by atoms with Gasteiger partial charge in [-0.05, 0) is 29.8 Å². The van der Waals surface area contributed by atoms with Gasteiger partial charge in [-0.15, -0.1) is 0 Å². The van der Waals surface area contributed by atoms with E-state index in [-0.39, 0.29) is 18.3 Å². The highest BCUT2D eigenvalue weighted by molar-refractivity contribution is 7.09. The molecular weight excluding hydrogens is 339 g/mol. The minimum absolute atomic E-state index is 0.136. The van der Waals surface area contributed by atoms with Crippen LogP contribution in [0.1, 0.15) is 11.4 Å². The lowest BCUT2D eigenvalue weighted by atomic mass is 10.1. The van der Waals surface area contributed by atoms with Gasteiger partial charge in [0.15, 0.2) is 0 Å². The molecule has 0 unspecified atom stereocenters. The van der Waals surface area contributed by atoms with Crippen LogP contribution in [0.5, 0.6) is 0 Å². The molecule has 0 aliphatic carbocycles. The van der Waals surface area contributed by atoms with Gasteiger partial charge in [0.25, 0.3) is 0 Å². The van der Waals surface area contributed by atoms with Crippen LogP contribution < -0.4 is 10.2 Å². The molecule has 1 heterocycles. The third-order valence-electron chi connectivity index (χ3n) is 3.50. The summed E-state index contributed by atoms with van der Waals surface area (Å²) < 4.78 is 17.2. The van der Waals surface area contributed by atoms with E-state index >= 15 is 0 Å². The van der Waals surface area contributed by atoms with Crippen LogP contribution in [0.4, 0.5) is 15.2 Å². The highest BCUT2D eigenvalue weighted by Gasteiger charge is 2.13. The van der Waals surface area contributed by atoms with Crippen molar-refractivity contribution in [2.45, 2.75) is 6.42 Å². The number of benzene rings is 2. The Bertz CT molecular complexity index is 836. The first kappa shape index (κ1) is 17.0. The van der Waals surface area contributed by atoms with Gasteiger partial charge in [-0.25, -0.2) is 9.37 Å². The van der Waals surface area contributed by atoms with Crippen LogP contribution in [0.15, 0.2) is 54.6 Å². The summed E-state index contributed by atoms with van der Waals surface area (Å²) in [4.78, 5) is 18.3. The number of amides is 1. The quantitative estimate of drug-likeness (QED) is 0.736. The van der Waals surface area contributed by atoms with Crippen LogP contribution in [0.25, 0.3) is 0 Å². The number of hydrogen-bond donors (Lipinski definition) is 1. The Morgan fingerprint density at radius 2 is 1.88 bits per heavy atom. The number of nitrogens with one attached hydrogen (secondary N) is 1. The summed E-state index contributed by atoms with van der Waals surface area (Å²) >= 11 is 1.26. The van der Waals surface area contributed by atoms with E-state index in [1.54, 1.807) is 11.9 Å². The fourth-order valence-electron chi connectivity index (χ4n) is 2.27. The number of aromatic nitrogens is 2. The zero-order chi connectivity index (χ0) is 17.6. The van der Waals surface area contributed by atoms with Gasteiger partial charge in [0.05, 0.1) is 6.54 Å². The monoisotopic (exact) mass is 356 g/mol. The topological polar surface area (TPSA) is 58.1 Å². The Morgan fingerprint density at radius 1 is 1.16 bits per heavy atom. The Kier molecular flexibility index (Phi) is 5.35. The predicted molar refractivity (Wildman–Crippen MR) is 97.5 cm³/mol. The highest BCUT2D eigenvalue weighted by Crippen LogP contribution is 2.18. The molecule has 1 amide bonds. The summed E-state index contributed by atoms with van der Waals surface area (Å²) in [6, 6.07) is 15.6. The largest absolute Gasteiger partial charge is 0.341 e. The summed E-state index contributed by atoms with van der Waals surface area (Å²) in [5, 5.41) is 3.41. The number of halogens is 1. The van der Waals surface area contributed by atoms with Crippen LogP contribution in [0.3, 0.4) is 0 Å². The van der Waals surface area contributed by atoms with Crippen molar-refractivity contribution in [2.75, 3.05) is 23.8 Å². The Balaban J connectivity index is 1.56. The average Bonchev–Trinajstić information content (AvgIpc) is 3.06. The number of anilines is 2. The maximum Gasteiger partial charge on any atom is 0.243 e. The first-order valence-corrected chi connectivity index (χ1v) is 8.50. The lowest BCUT2D eigenvalue weighted by molar-refractivity contribution is -0.114. The molecule has 0 fully saturated rings. The molecule has 2 aromatic carbocycles. The lowest BCUT2D eigenvalue weighted by Gasteiger charge is -2.14. The number of carbonyl (C=O) groups excluding carboxylic acids is 1. The fourth-order valence-corrected chi connectivity index (χ4v) is 2.91. The van der Waals surface area contributed by atoms with Crippen LogP contribution in [-0.4, -0.2) is 28.9 Å². The lowest BCUT2D eigenvalue weighted by Crippen LogP contribution is -2.30. The number of likely N-dealkylation sites (N-methyl/N-ethyl adjacent to an activating group) is 1. The third kappa shape index (κ3) is 4.84. The van der Waals surface area contributed by atoms with Crippen LogP contribution in [-0.2, 0) is 11.2 Å². The van der Waals surface area contributed by atoms with E-state index < -0.39 is 0 Å². The molecule has 1 aromatic heterocycles. The molecule has 5 nitrogen and oxygen atoms in total. The smallest absolute Gasteiger partial charge is 0.243 e. The van der Waals surface area contributed by atoms with Crippen molar-refractivity contribution in [3.63, 3.8) is 0 Å². The zero-order valence-corrected chi connectivity index (χ0v) is 14.5. The summed E-state index contributed by atoms with van der Waals surface area (Å²) in [6.45, 7) is 0.136. The van der Waals surface area contributed by atoms with Crippen molar-refractivity contribution in [3.05, 3.63) is 71.8 Å². The fraction of sp³-hybridized carbons (Fsp3) is 0.167. The Labute approximate surface area is 149 Å². The predicted octanol–water partition coefficient (Wildman–Crippen LogP) is 3.34. The van der Waals surface area contributed by atoms with E-state index in [0.29, 0.717) is 17.2 Å². The molecule has 0 spiro atoms. The highest BCUT2D eigenvalue weighted by atomic mass is 32.1. The van der Waals surface area contributed by atoms with Gasteiger partial charge in [0, 0.05) is 30.7 Å². The molecule has 3 rings (SSSR count). The molecule has 0 aliphatic rings. The average molecular weight is 356 g/mol. The van der Waals surface area contributed by atoms with Crippen molar-refractivity contribution in [1.29, 1.82) is 0 Å². The molecule has 7 heteroatoms. The van der Waals surface area contributed by atoms with Crippen LogP contribution in [0, 0.1) is 5.82 Å². The summed E-state index contributed by atoms with van der Waals surface area (Å²) in [7, 11) is 1.79. The first-order chi connectivity index (χ1) is 12.1. The number of nitrogens with zero attached hydrogens (tertiary/aromatic N) is 3. The second-order valence-electron chi connectivity index (χ2n) is 5.57. The minimum atomic E-state index is -0.338. The molecule has 0 radical (unpaired) electrons. The molecule has 25 heavy (non-hydrogen) atoms. The van der Waals surface area contributed by atoms with E-state index in [1.807, 2.05) is 30.3 Å². The van der Waals surface area contributed by atoms with Crippen molar-refractivity contribution in [2.24, 2.45) is 0 Å². The number of carbonyl (C=O) groups is 1. The number of rotatable bonds is 6. The summed E-state index contributed by atoms with van der Waals surface area (Å²) in [5.41, 5.74) is 1.70. The summed E-state index contributed by atoms with van der Waals surface area (Å²) in [6.07, 6.45) is 0.660. The van der Waals surface area contributed by atoms with Crippen molar-refractivity contribution < 1.29 is 9.18 Å². The maximum atomic E-state index is 12.9. The van der Waals surface area contributed by atoms with E-state index in [4.69, 9.17) is 0 Å².